The number of hydrogen-bond acceptors (Lipinski definition) is 3. The molecule has 0 saturated carbocycles. The molecule has 2 aromatic carbocycles. The Balaban J connectivity index is 2.21. The number of ether oxygens (including phenoxy) is 1. The molecular formula is C14H14BrNO3S. The Morgan fingerprint density at radius 1 is 1.10 bits per heavy atom. The van der Waals surface area contributed by atoms with E-state index in [2.05, 4.69) is 20.7 Å². The van der Waals surface area contributed by atoms with E-state index in [0.29, 0.717) is 22.5 Å². The maximum absolute atomic E-state index is 11.4. The van der Waals surface area contributed by atoms with E-state index >= 15 is 0 Å². The zero-order valence-corrected chi connectivity index (χ0v) is 13.2. The lowest BCUT2D eigenvalue weighted by Crippen LogP contribution is -2.11. The first-order valence-electron chi connectivity index (χ1n) is 5.89. The van der Waals surface area contributed by atoms with E-state index in [1.54, 1.807) is 18.2 Å². The fourth-order valence-electron chi connectivity index (χ4n) is 1.64. The third-order valence-corrected chi connectivity index (χ3v) is 3.74. The molecule has 0 aliphatic heterocycles. The number of halogens is 1. The molecule has 2 rings (SSSR count). The summed E-state index contributed by atoms with van der Waals surface area (Å²) in [5.41, 5.74) is 1.42. The fraction of sp³-hybridized carbons (Fsp3) is 0.143. The first-order chi connectivity index (χ1) is 9.46. The fourth-order valence-corrected chi connectivity index (χ4v) is 2.80. The predicted octanol–water partition coefficient (Wildman–Crippen LogP) is 3.40. The van der Waals surface area contributed by atoms with Gasteiger partial charge in [-0.3, -0.25) is 4.72 Å². The number of benzene rings is 2. The highest BCUT2D eigenvalue weighted by Crippen LogP contribution is 2.33. The molecule has 0 saturated heterocycles. The normalized spacial score (nSPS) is 11.1. The van der Waals surface area contributed by atoms with E-state index < -0.39 is 10.0 Å². The van der Waals surface area contributed by atoms with Crippen LogP contribution in [0.25, 0.3) is 0 Å². The second-order valence-corrected chi connectivity index (χ2v) is 6.86. The van der Waals surface area contributed by atoms with Crippen LogP contribution in [-0.2, 0) is 16.6 Å². The van der Waals surface area contributed by atoms with E-state index in [0.717, 1.165) is 11.8 Å². The van der Waals surface area contributed by atoms with Gasteiger partial charge in [-0.2, -0.15) is 0 Å². The monoisotopic (exact) mass is 355 g/mol. The Hall–Kier alpha value is -1.53. The van der Waals surface area contributed by atoms with Crippen molar-refractivity contribution in [3.05, 3.63) is 58.6 Å². The zero-order valence-electron chi connectivity index (χ0n) is 10.8. The lowest BCUT2D eigenvalue weighted by Gasteiger charge is -2.13. The SMILES string of the molecule is CS(=O)(=O)Nc1c(Br)cccc1OCc1ccccc1. The molecule has 0 spiro atoms. The van der Waals surface area contributed by atoms with Gasteiger partial charge in [-0.15, -0.1) is 0 Å². The molecule has 0 aliphatic carbocycles. The number of sulfonamides is 1. The average molecular weight is 356 g/mol. The minimum Gasteiger partial charge on any atom is -0.487 e. The van der Waals surface area contributed by atoms with Crippen LogP contribution in [0, 0.1) is 0 Å². The zero-order chi connectivity index (χ0) is 14.6. The molecule has 1 N–H and O–H groups in total. The Morgan fingerprint density at radius 3 is 2.45 bits per heavy atom. The van der Waals surface area contributed by atoms with Crippen LogP contribution in [0.1, 0.15) is 5.56 Å². The molecule has 20 heavy (non-hydrogen) atoms. The van der Waals surface area contributed by atoms with Gasteiger partial charge in [0.05, 0.1) is 6.26 Å². The van der Waals surface area contributed by atoms with Gasteiger partial charge in [0.1, 0.15) is 18.0 Å². The Morgan fingerprint density at radius 2 is 1.80 bits per heavy atom. The van der Waals surface area contributed by atoms with E-state index in [4.69, 9.17) is 4.74 Å². The molecule has 0 heterocycles. The summed E-state index contributed by atoms with van der Waals surface area (Å²) in [7, 11) is -3.37. The highest BCUT2D eigenvalue weighted by Gasteiger charge is 2.12. The molecule has 0 unspecified atom stereocenters. The second kappa shape index (κ2) is 6.28. The van der Waals surface area contributed by atoms with Crippen molar-refractivity contribution in [2.75, 3.05) is 11.0 Å². The smallest absolute Gasteiger partial charge is 0.229 e. The first kappa shape index (κ1) is 14.9. The minimum atomic E-state index is -3.37. The van der Waals surface area contributed by atoms with Crippen LogP contribution in [0.4, 0.5) is 5.69 Å². The maximum atomic E-state index is 11.4. The number of anilines is 1. The van der Waals surface area contributed by atoms with Crippen molar-refractivity contribution in [1.29, 1.82) is 0 Å². The van der Waals surface area contributed by atoms with Crippen LogP contribution in [0.15, 0.2) is 53.0 Å². The van der Waals surface area contributed by atoms with Crippen molar-refractivity contribution < 1.29 is 13.2 Å². The number of hydrogen-bond donors (Lipinski definition) is 1. The molecule has 0 amide bonds. The van der Waals surface area contributed by atoms with Gasteiger partial charge in [0.2, 0.25) is 10.0 Å². The molecule has 6 heteroatoms. The van der Waals surface area contributed by atoms with E-state index in [9.17, 15) is 8.42 Å². The third-order valence-electron chi connectivity index (χ3n) is 2.50. The number of nitrogens with one attached hydrogen (secondary N) is 1. The van der Waals surface area contributed by atoms with Gasteiger partial charge in [0.25, 0.3) is 0 Å². The van der Waals surface area contributed by atoms with Crippen molar-refractivity contribution in [3.8, 4) is 5.75 Å². The maximum Gasteiger partial charge on any atom is 0.229 e. The molecule has 0 atom stereocenters. The summed E-state index contributed by atoms with van der Waals surface area (Å²) in [5.74, 6) is 0.480. The van der Waals surface area contributed by atoms with Crippen LogP contribution in [0.3, 0.4) is 0 Å². The van der Waals surface area contributed by atoms with Crippen molar-refractivity contribution in [1.82, 2.24) is 0 Å². The molecule has 0 aliphatic rings. The van der Waals surface area contributed by atoms with Crippen LogP contribution in [-0.4, -0.2) is 14.7 Å². The Kier molecular flexibility index (Phi) is 4.67. The lowest BCUT2D eigenvalue weighted by atomic mass is 10.2. The van der Waals surface area contributed by atoms with Crippen LogP contribution >= 0.6 is 15.9 Å². The van der Waals surface area contributed by atoms with Gasteiger partial charge in [-0.25, -0.2) is 8.42 Å². The quantitative estimate of drug-likeness (QED) is 0.893. The Labute approximate surface area is 127 Å². The molecule has 106 valence electrons. The molecule has 0 aromatic heterocycles. The van der Waals surface area contributed by atoms with E-state index in [1.807, 2.05) is 30.3 Å². The van der Waals surface area contributed by atoms with Gasteiger partial charge < -0.3 is 4.74 Å². The summed E-state index contributed by atoms with van der Waals surface area (Å²) in [5, 5.41) is 0. The summed E-state index contributed by atoms with van der Waals surface area (Å²) in [6, 6.07) is 14.9. The Bertz CT molecular complexity index is 687. The summed E-state index contributed by atoms with van der Waals surface area (Å²) in [6.07, 6.45) is 1.10. The standard InChI is InChI=1S/C14H14BrNO3S/c1-20(17,18)16-14-12(15)8-5-9-13(14)19-10-11-6-3-2-4-7-11/h2-9,16H,10H2,1H3. The molecule has 0 radical (unpaired) electrons. The van der Waals surface area contributed by atoms with Crippen molar-refractivity contribution in [3.63, 3.8) is 0 Å². The summed E-state index contributed by atoms with van der Waals surface area (Å²) < 4.78 is 31.6. The lowest BCUT2D eigenvalue weighted by molar-refractivity contribution is 0.308. The topological polar surface area (TPSA) is 55.4 Å². The summed E-state index contributed by atoms with van der Waals surface area (Å²) in [6.45, 7) is 0.371. The average Bonchev–Trinajstić information content (AvgIpc) is 2.39. The van der Waals surface area contributed by atoms with Gasteiger partial charge in [-0.1, -0.05) is 36.4 Å². The molecule has 0 fully saturated rings. The van der Waals surface area contributed by atoms with E-state index in [1.165, 1.54) is 0 Å². The van der Waals surface area contributed by atoms with Gasteiger partial charge in [-0.05, 0) is 33.6 Å². The molecule has 0 bridgehead atoms. The summed E-state index contributed by atoms with van der Waals surface area (Å²) >= 11 is 3.32. The highest BCUT2D eigenvalue weighted by molar-refractivity contribution is 9.10. The molecule has 4 nitrogen and oxygen atoms in total. The van der Waals surface area contributed by atoms with Crippen LogP contribution < -0.4 is 9.46 Å². The summed E-state index contributed by atoms with van der Waals surface area (Å²) in [4.78, 5) is 0. The van der Waals surface area contributed by atoms with Crippen LogP contribution in [0.5, 0.6) is 5.75 Å². The van der Waals surface area contributed by atoms with Crippen LogP contribution in [0.2, 0.25) is 0 Å². The van der Waals surface area contributed by atoms with Crippen molar-refractivity contribution in [2.24, 2.45) is 0 Å². The van der Waals surface area contributed by atoms with Gasteiger partial charge >= 0.3 is 0 Å². The highest BCUT2D eigenvalue weighted by atomic mass is 79.9. The molecule has 2 aromatic rings. The first-order valence-corrected chi connectivity index (χ1v) is 8.57. The number of rotatable bonds is 5. The van der Waals surface area contributed by atoms with Gasteiger partial charge in [0.15, 0.2) is 0 Å². The van der Waals surface area contributed by atoms with Crippen molar-refractivity contribution >= 4 is 31.6 Å². The minimum absolute atomic E-state index is 0.371. The largest absolute Gasteiger partial charge is 0.487 e. The van der Waals surface area contributed by atoms with E-state index in [-0.39, 0.29) is 0 Å². The number of para-hydroxylation sites is 1. The van der Waals surface area contributed by atoms with Crippen molar-refractivity contribution in [2.45, 2.75) is 6.61 Å². The third kappa shape index (κ3) is 4.25. The van der Waals surface area contributed by atoms with Gasteiger partial charge in [0, 0.05) is 4.47 Å². The molecular weight excluding hydrogens is 342 g/mol. The predicted molar refractivity (Wildman–Crippen MR) is 83.4 cm³/mol. The second-order valence-electron chi connectivity index (χ2n) is 4.26.